The molecule has 1 aliphatic carbocycles. The predicted molar refractivity (Wildman–Crippen MR) is 95.7 cm³/mol. The van der Waals surface area contributed by atoms with E-state index in [9.17, 15) is 4.79 Å². The van der Waals surface area contributed by atoms with Crippen LogP contribution in [-0.2, 0) is 18.5 Å². The number of carbonyl (C=O) groups is 1. The quantitative estimate of drug-likeness (QED) is 0.933. The fourth-order valence-electron chi connectivity index (χ4n) is 3.61. The molecule has 3 heterocycles. The maximum atomic E-state index is 13.0. The molecule has 4 rings (SSSR count). The second-order valence-corrected chi connectivity index (χ2v) is 8.47. The second-order valence-electron chi connectivity index (χ2n) is 8.47. The molecule has 0 unspecified atom stereocenters. The number of nitrogens with zero attached hydrogens (tertiary/aromatic N) is 4. The molecule has 0 radical (unpaired) electrons. The molecule has 0 saturated heterocycles. The van der Waals surface area contributed by atoms with Gasteiger partial charge in [0.1, 0.15) is 11.5 Å². The number of aromatic nitrogens is 4. The molecular weight excluding hydrogens is 314 g/mol. The molecule has 1 fully saturated rings. The van der Waals surface area contributed by atoms with Crippen LogP contribution in [0.15, 0.2) is 12.3 Å². The van der Waals surface area contributed by atoms with Gasteiger partial charge in [-0.15, -0.1) is 0 Å². The van der Waals surface area contributed by atoms with Crippen molar-refractivity contribution >= 4 is 5.91 Å². The number of aryl methyl sites for hydroxylation is 2. The summed E-state index contributed by atoms with van der Waals surface area (Å²) in [6.07, 6.45) is 6.28. The Bertz CT molecular complexity index is 806. The SMILES string of the molecule is Cc1cn2c(n1)CC[C@@H](NC(=O)c1cc(C3CC3)nn1C(C)(C)C)C2. The molecule has 0 bridgehead atoms. The van der Waals surface area contributed by atoms with Gasteiger partial charge in [0.15, 0.2) is 0 Å². The summed E-state index contributed by atoms with van der Waals surface area (Å²) in [5, 5.41) is 7.96. The van der Waals surface area contributed by atoms with Gasteiger partial charge >= 0.3 is 0 Å². The first-order valence-electron chi connectivity index (χ1n) is 9.25. The van der Waals surface area contributed by atoms with Gasteiger partial charge in [-0.25, -0.2) is 4.98 Å². The van der Waals surface area contributed by atoms with E-state index < -0.39 is 0 Å². The number of rotatable bonds is 3. The van der Waals surface area contributed by atoms with Gasteiger partial charge in [-0.05, 0) is 53.0 Å². The summed E-state index contributed by atoms with van der Waals surface area (Å²) in [5.41, 5.74) is 2.58. The monoisotopic (exact) mass is 341 g/mol. The fraction of sp³-hybridized carbons (Fsp3) is 0.632. The summed E-state index contributed by atoms with van der Waals surface area (Å²) in [6.45, 7) is 9.08. The molecule has 6 heteroatoms. The summed E-state index contributed by atoms with van der Waals surface area (Å²) in [6, 6.07) is 2.13. The minimum absolute atomic E-state index is 0.0142. The van der Waals surface area contributed by atoms with E-state index in [4.69, 9.17) is 5.10 Å². The third-order valence-corrected chi connectivity index (χ3v) is 5.04. The zero-order valence-electron chi connectivity index (χ0n) is 15.5. The zero-order valence-corrected chi connectivity index (χ0v) is 15.5. The molecular formula is C19H27N5O. The molecule has 0 aromatic carbocycles. The van der Waals surface area contributed by atoms with Crippen LogP contribution in [0.5, 0.6) is 0 Å². The van der Waals surface area contributed by atoms with E-state index in [1.54, 1.807) is 0 Å². The average molecular weight is 341 g/mol. The lowest BCUT2D eigenvalue weighted by Crippen LogP contribution is -2.42. The Morgan fingerprint density at radius 3 is 2.72 bits per heavy atom. The Morgan fingerprint density at radius 2 is 2.04 bits per heavy atom. The summed E-state index contributed by atoms with van der Waals surface area (Å²) >= 11 is 0. The summed E-state index contributed by atoms with van der Waals surface area (Å²) < 4.78 is 4.06. The van der Waals surface area contributed by atoms with Gasteiger partial charge in [-0.1, -0.05) is 0 Å². The normalized spacial score (nSPS) is 20.4. The smallest absolute Gasteiger partial charge is 0.269 e. The highest BCUT2D eigenvalue weighted by atomic mass is 16.2. The topological polar surface area (TPSA) is 64.7 Å². The first-order chi connectivity index (χ1) is 11.8. The van der Waals surface area contributed by atoms with Crippen LogP contribution < -0.4 is 5.32 Å². The van der Waals surface area contributed by atoms with Gasteiger partial charge < -0.3 is 9.88 Å². The average Bonchev–Trinajstić information content (AvgIpc) is 3.15. The van der Waals surface area contributed by atoms with Crippen molar-refractivity contribution in [3.05, 3.63) is 35.2 Å². The number of fused-ring (bicyclic) bond motifs is 1. The lowest BCUT2D eigenvalue weighted by Gasteiger charge is -2.26. The number of amides is 1. The molecule has 25 heavy (non-hydrogen) atoms. The van der Waals surface area contributed by atoms with Crippen LogP contribution in [0.4, 0.5) is 0 Å². The lowest BCUT2D eigenvalue weighted by atomic mass is 10.1. The minimum Gasteiger partial charge on any atom is -0.346 e. The number of nitrogens with one attached hydrogen (secondary N) is 1. The van der Waals surface area contributed by atoms with Crippen LogP contribution in [0.1, 0.15) is 73.7 Å². The highest BCUT2D eigenvalue weighted by Gasteiger charge is 2.32. The Morgan fingerprint density at radius 1 is 1.28 bits per heavy atom. The van der Waals surface area contributed by atoms with Gasteiger partial charge in [-0.3, -0.25) is 9.48 Å². The van der Waals surface area contributed by atoms with E-state index in [2.05, 4.69) is 41.8 Å². The van der Waals surface area contributed by atoms with Crippen LogP contribution >= 0.6 is 0 Å². The first kappa shape index (κ1) is 16.4. The summed E-state index contributed by atoms with van der Waals surface area (Å²) in [7, 11) is 0. The molecule has 1 amide bonds. The maximum absolute atomic E-state index is 13.0. The number of hydrogen-bond acceptors (Lipinski definition) is 3. The van der Waals surface area contributed by atoms with Crippen molar-refractivity contribution in [2.45, 2.75) is 77.4 Å². The van der Waals surface area contributed by atoms with Crippen molar-refractivity contribution in [3.63, 3.8) is 0 Å². The van der Waals surface area contributed by atoms with Crippen molar-refractivity contribution < 1.29 is 4.79 Å². The van der Waals surface area contributed by atoms with Gasteiger partial charge in [-0.2, -0.15) is 5.10 Å². The van der Waals surface area contributed by atoms with Crippen molar-refractivity contribution in [1.82, 2.24) is 24.6 Å². The van der Waals surface area contributed by atoms with Gasteiger partial charge in [0.25, 0.3) is 5.91 Å². The van der Waals surface area contributed by atoms with Crippen molar-refractivity contribution in [2.75, 3.05) is 0 Å². The minimum atomic E-state index is -0.207. The molecule has 0 spiro atoms. The Hall–Kier alpha value is -2.11. The molecule has 2 aliphatic rings. The van der Waals surface area contributed by atoms with Gasteiger partial charge in [0.05, 0.1) is 16.9 Å². The summed E-state index contributed by atoms with van der Waals surface area (Å²) in [5.74, 6) is 1.65. The van der Waals surface area contributed by atoms with E-state index >= 15 is 0 Å². The molecule has 1 atom stereocenters. The highest BCUT2D eigenvalue weighted by Crippen LogP contribution is 2.40. The fourth-order valence-corrected chi connectivity index (χ4v) is 3.61. The van der Waals surface area contributed by atoms with Crippen LogP contribution in [-0.4, -0.2) is 31.3 Å². The molecule has 134 valence electrons. The van der Waals surface area contributed by atoms with E-state index in [1.165, 1.54) is 12.8 Å². The molecule has 1 aliphatic heterocycles. The van der Waals surface area contributed by atoms with Crippen LogP contribution in [0, 0.1) is 6.92 Å². The predicted octanol–water partition coefficient (Wildman–Crippen LogP) is 2.77. The first-order valence-corrected chi connectivity index (χ1v) is 9.25. The highest BCUT2D eigenvalue weighted by molar-refractivity contribution is 5.93. The number of hydrogen-bond donors (Lipinski definition) is 1. The van der Waals surface area contributed by atoms with E-state index in [1.807, 2.05) is 17.7 Å². The van der Waals surface area contributed by atoms with Crippen molar-refractivity contribution in [2.24, 2.45) is 0 Å². The van der Waals surface area contributed by atoms with E-state index in [0.29, 0.717) is 11.6 Å². The van der Waals surface area contributed by atoms with Crippen molar-refractivity contribution in [1.29, 1.82) is 0 Å². The Labute approximate surface area is 148 Å². The van der Waals surface area contributed by atoms with Crippen LogP contribution in [0.2, 0.25) is 0 Å². The molecule has 6 nitrogen and oxygen atoms in total. The number of carbonyl (C=O) groups excluding carboxylic acids is 1. The van der Waals surface area contributed by atoms with Gasteiger partial charge in [0.2, 0.25) is 0 Å². The van der Waals surface area contributed by atoms with E-state index in [0.717, 1.165) is 36.6 Å². The maximum Gasteiger partial charge on any atom is 0.269 e. The second kappa shape index (κ2) is 5.71. The molecule has 2 aromatic rings. The van der Waals surface area contributed by atoms with Gasteiger partial charge in [0, 0.05) is 31.1 Å². The number of imidazole rings is 1. The third kappa shape index (κ3) is 3.22. The Kier molecular flexibility index (Phi) is 3.74. The van der Waals surface area contributed by atoms with Crippen LogP contribution in [0.3, 0.4) is 0 Å². The zero-order chi connectivity index (χ0) is 17.8. The van der Waals surface area contributed by atoms with Crippen molar-refractivity contribution in [3.8, 4) is 0 Å². The molecule has 1 saturated carbocycles. The molecule has 2 aromatic heterocycles. The summed E-state index contributed by atoms with van der Waals surface area (Å²) in [4.78, 5) is 17.5. The molecule has 1 N–H and O–H groups in total. The van der Waals surface area contributed by atoms with E-state index in [-0.39, 0.29) is 17.5 Å². The largest absolute Gasteiger partial charge is 0.346 e. The third-order valence-electron chi connectivity index (χ3n) is 5.04. The lowest BCUT2D eigenvalue weighted by molar-refractivity contribution is 0.0909. The standard InChI is InChI=1S/C19H27N5O/c1-12-10-23-11-14(7-8-17(23)20-12)21-18(25)16-9-15(13-5-6-13)22-24(16)19(2,3)4/h9-10,13-14H,5-8,11H2,1-4H3,(H,21,25)/t14-/m1/s1. The van der Waals surface area contributed by atoms with Crippen LogP contribution in [0.25, 0.3) is 0 Å². The Balaban J connectivity index is 1.53.